The molecule has 0 aromatic heterocycles. The first-order valence-corrected chi connectivity index (χ1v) is 7.59. The molecule has 2 fully saturated rings. The maximum atomic E-state index is 11.7. The highest BCUT2D eigenvalue weighted by Crippen LogP contribution is 2.22. The molecule has 2 aliphatic rings. The van der Waals surface area contributed by atoms with Gasteiger partial charge in [0.2, 0.25) is 5.91 Å². The molecule has 5 heteroatoms. The van der Waals surface area contributed by atoms with Gasteiger partial charge in [0.05, 0.1) is 13.2 Å². The van der Waals surface area contributed by atoms with Crippen molar-refractivity contribution in [3.8, 4) is 0 Å². The molecule has 0 N–H and O–H groups in total. The summed E-state index contributed by atoms with van der Waals surface area (Å²) in [6, 6.07) is 7.59. The molecule has 5 nitrogen and oxygen atoms in total. The zero-order valence-electron chi connectivity index (χ0n) is 12.4. The van der Waals surface area contributed by atoms with Gasteiger partial charge in [-0.1, -0.05) is 12.1 Å². The normalized spacial score (nSPS) is 21.7. The fourth-order valence-electron chi connectivity index (χ4n) is 2.66. The summed E-state index contributed by atoms with van der Waals surface area (Å²) in [7, 11) is 0. The first-order valence-electron chi connectivity index (χ1n) is 7.59. The van der Waals surface area contributed by atoms with E-state index in [1.807, 2.05) is 24.3 Å². The van der Waals surface area contributed by atoms with Gasteiger partial charge in [0.15, 0.2) is 0 Å². The second-order valence-corrected chi connectivity index (χ2v) is 5.50. The van der Waals surface area contributed by atoms with E-state index in [1.165, 1.54) is 6.08 Å². The zero-order chi connectivity index (χ0) is 15.4. The van der Waals surface area contributed by atoms with E-state index in [9.17, 15) is 9.59 Å². The van der Waals surface area contributed by atoms with Gasteiger partial charge in [-0.3, -0.25) is 4.79 Å². The van der Waals surface area contributed by atoms with Gasteiger partial charge in [-0.15, -0.1) is 0 Å². The number of esters is 1. The Morgan fingerprint density at radius 1 is 1.32 bits per heavy atom. The summed E-state index contributed by atoms with van der Waals surface area (Å²) in [5, 5.41) is 0. The minimum atomic E-state index is -0.353. The summed E-state index contributed by atoms with van der Waals surface area (Å²) in [5.41, 5.74) is 1.81. The quantitative estimate of drug-likeness (QED) is 0.631. The van der Waals surface area contributed by atoms with E-state index >= 15 is 0 Å². The number of benzene rings is 1. The lowest BCUT2D eigenvalue weighted by Gasteiger charge is -2.15. The van der Waals surface area contributed by atoms with Crippen LogP contribution in [0.1, 0.15) is 24.8 Å². The molecule has 0 spiro atoms. The summed E-state index contributed by atoms with van der Waals surface area (Å²) in [6.07, 6.45) is 5.32. The van der Waals surface area contributed by atoms with Crippen LogP contribution in [0.5, 0.6) is 0 Å². The van der Waals surface area contributed by atoms with E-state index in [1.54, 1.807) is 11.0 Å². The molecule has 0 saturated carbocycles. The highest BCUT2D eigenvalue weighted by molar-refractivity contribution is 5.95. The van der Waals surface area contributed by atoms with Gasteiger partial charge >= 0.3 is 5.97 Å². The molecular weight excluding hydrogens is 282 g/mol. The van der Waals surface area contributed by atoms with Gasteiger partial charge in [0.25, 0.3) is 0 Å². The van der Waals surface area contributed by atoms with E-state index in [2.05, 4.69) is 0 Å². The summed E-state index contributed by atoms with van der Waals surface area (Å²) < 4.78 is 10.4. The van der Waals surface area contributed by atoms with Crippen LogP contribution in [0.25, 0.3) is 6.08 Å². The Labute approximate surface area is 129 Å². The van der Waals surface area contributed by atoms with Gasteiger partial charge in [0.1, 0.15) is 6.10 Å². The molecule has 0 aliphatic carbocycles. The SMILES string of the molecule is O=C(/C=C\c1ccc(N2CCCC2=O)cc1)O[C@@H]1CCOC1. The molecule has 0 unspecified atom stereocenters. The van der Waals surface area contributed by atoms with Crippen molar-refractivity contribution in [2.75, 3.05) is 24.7 Å². The molecule has 1 aromatic rings. The molecule has 2 aliphatic heterocycles. The summed E-state index contributed by atoms with van der Waals surface area (Å²) >= 11 is 0. The Bertz CT molecular complexity index is 573. The monoisotopic (exact) mass is 301 g/mol. The molecule has 2 saturated heterocycles. The molecule has 0 bridgehead atoms. The molecule has 1 aromatic carbocycles. The largest absolute Gasteiger partial charge is 0.457 e. The van der Waals surface area contributed by atoms with Gasteiger partial charge in [-0.25, -0.2) is 4.79 Å². The van der Waals surface area contributed by atoms with Crippen LogP contribution < -0.4 is 4.90 Å². The summed E-state index contributed by atoms with van der Waals surface area (Å²) in [6.45, 7) is 1.92. The van der Waals surface area contributed by atoms with Gasteiger partial charge in [-0.2, -0.15) is 0 Å². The maximum absolute atomic E-state index is 11.7. The molecule has 2 heterocycles. The first kappa shape index (κ1) is 14.8. The highest BCUT2D eigenvalue weighted by Gasteiger charge is 2.21. The van der Waals surface area contributed by atoms with E-state index < -0.39 is 0 Å². The molecule has 0 radical (unpaired) electrons. The fraction of sp³-hybridized carbons (Fsp3) is 0.412. The number of hydrogen-bond donors (Lipinski definition) is 0. The number of carbonyl (C=O) groups excluding carboxylic acids is 2. The van der Waals surface area contributed by atoms with Gasteiger partial charge < -0.3 is 14.4 Å². The minimum Gasteiger partial charge on any atom is -0.457 e. The number of rotatable bonds is 4. The third-order valence-corrected chi connectivity index (χ3v) is 3.86. The molecule has 1 amide bonds. The van der Waals surface area contributed by atoms with Gasteiger partial charge in [-0.05, 0) is 30.2 Å². The molecule has 22 heavy (non-hydrogen) atoms. The average molecular weight is 301 g/mol. The molecular formula is C17H19NO4. The number of ether oxygens (including phenoxy) is 2. The van der Waals surface area contributed by atoms with Crippen LogP contribution in [-0.2, 0) is 19.1 Å². The zero-order valence-corrected chi connectivity index (χ0v) is 12.4. The number of amides is 1. The van der Waals surface area contributed by atoms with E-state index in [0.29, 0.717) is 19.6 Å². The Balaban J connectivity index is 1.57. The number of hydrogen-bond acceptors (Lipinski definition) is 4. The topological polar surface area (TPSA) is 55.8 Å². The highest BCUT2D eigenvalue weighted by atomic mass is 16.6. The van der Waals surface area contributed by atoms with Crippen molar-refractivity contribution >= 4 is 23.6 Å². The van der Waals surface area contributed by atoms with Crippen molar-refractivity contribution in [3.63, 3.8) is 0 Å². The summed E-state index contributed by atoms with van der Waals surface area (Å²) in [4.78, 5) is 25.1. The van der Waals surface area contributed by atoms with Crippen LogP contribution >= 0.6 is 0 Å². The third kappa shape index (κ3) is 3.54. The van der Waals surface area contributed by atoms with Crippen molar-refractivity contribution in [1.82, 2.24) is 0 Å². The lowest BCUT2D eigenvalue weighted by atomic mass is 10.2. The lowest BCUT2D eigenvalue weighted by molar-refractivity contribution is -0.142. The minimum absolute atomic E-state index is 0.124. The Kier molecular flexibility index (Phi) is 4.53. The number of carbonyl (C=O) groups is 2. The summed E-state index contributed by atoms with van der Waals surface area (Å²) in [5.74, 6) is -0.181. The molecule has 116 valence electrons. The van der Waals surface area contributed by atoms with Crippen LogP contribution in [0, 0.1) is 0 Å². The van der Waals surface area contributed by atoms with Crippen LogP contribution in [0.15, 0.2) is 30.3 Å². The molecule has 1 atom stereocenters. The van der Waals surface area contributed by atoms with Crippen LogP contribution in [0.4, 0.5) is 5.69 Å². The Morgan fingerprint density at radius 2 is 2.14 bits per heavy atom. The first-order chi connectivity index (χ1) is 10.7. The standard InChI is InChI=1S/C17H19NO4/c19-16-2-1-10-18(16)14-6-3-13(4-7-14)5-8-17(20)22-15-9-11-21-12-15/h3-8,15H,1-2,9-12H2/b8-5-/t15-/m1/s1. The van der Waals surface area contributed by atoms with E-state index in [0.717, 1.165) is 30.6 Å². The van der Waals surface area contributed by atoms with Crippen molar-refractivity contribution < 1.29 is 19.1 Å². The predicted octanol–water partition coefficient (Wildman–Crippen LogP) is 2.16. The number of nitrogens with zero attached hydrogens (tertiary/aromatic N) is 1. The smallest absolute Gasteiger partial charge is 0.331 e. The predicted molar refractivity (Wildman–Crippen MR) is 82.4 cm³/mol. The second-order valence-electron chi connectivity index (χ2n) is 5.50. The van der Waals surface area contributed by atoms with Crippen molar-refractivity contribution in [1.29, 1.82) is 0 Å². The molecule has 3 rings (SSSR count). The maximum Gasteiger partial charge on any atom is 0.331 e. The third-order valence-electron chi connectivity index (χ3n) is 3.86. The fourth-order valence-corrected chi connectivity index (χ4v) is 2.66. The van der Waals surface area contributed by atoms with E-state index in [-0.39, 0.29) is 18.0 Å². The average Bonchev–Trinajstić information content (AvgIpc) is 3.17. The van der Waals surface area contributed by atoms with E-state index in [4.69, 9.17) is 9.47 Å². The van der Waals surface area contributed by atoms with Crippen molar-refractivity contribution in [3.05, 3.63) is 35.9 Å². The van der Waals surface area contributed by atoms with Crippen LogP contribution in [-0.4, -0.2) is 37.7 Å². The second kappa shape index (κ2) is 6.75. The Hall–Kier alpha value is -2.14. The van der Waals surface area contributed by atoms with Crippen molar-refractivity contribution in [2.24, 2.45) is 0 Å². The van der Waals surface area contributed by atoms with Gasteiger partial charge in [0, 0.05) is 31.1 Å². The lowest BCUT2D eigenvalue weighted by Crippen LogP contribution is -2.23. The van der Waals surface area contributed by atoms with Crippen molar-refractivity contribution in [2.45, 2.75) is 25.4 Å². The number of anilines is 1. The van der Waals surface area contributed by atoms with Crippen LogP contribution in [0.2, 0.25) is 0 Å². The van der Waals surface area contributed by atoms with Crippen LogP contribution in [0.3, 0.4) is 0 Å². The Morgan fingerprint density at radius 3 is 2.77 bits per heavy atom.